The molecule has 1 unspecified atom stereocenters. The van der Waals surface area contributed by atoms with Gasteiger partial charge in [0.1, 0.15) is 5.82 Å². The summed E-state index contributed by atoms with van der Waals surface area (Å²) in [5.41, 5.74) is 3.17. The van der Waals surface area contributed by atoms with Crippen LogP contribution >= 0.6 is 0 Å². The van der Waals surface area contributed by atoms with Crippen LogP contribution in [0.25, 0.3) is 22.9 Å². The van der Waals surface area contributed by atoms with E-state index in [1.54, 1.807) is 4.57 Å². The summed E-state index contributed by atoms with van der Waals surface area (Å²) in [6.07, 6.45) is 5.82. The number of para-hydroxylation sites is 1. The number of nitrogens with zero attached hydrogens (tertiary/aromatic N) is 2. The van der Waals surface area contributed by atoms with Gasteiger partial charge in [0.25, 0.3) is 5.56 Å². The van der Waals surface area contributed by atoms with Gasteiger partial charge in [-0.3, -0.25) is 9.36 Å². The fourth-order valence-electron chi connectivity index (χ4n) is 3.75. The number of hydrogen-bond acceptors (Lipinski definition) is 4. The molecule has 1 atom stereocenters. The Morgan fingerprint density at radius 1 is 1.13 bits per heavy atom. The molecule has 0 bridgehead atoms. The highest BCUT2D eigenvalue weighted by Crippen LogP contribution is 2.32. The monoisotopic (exact) mass is 413 g/mol. The van der Waals surface area contributed by atoms with Gasteiger partial charge < -0.3 is 10.4 Å². The van der Waals surface area contributed by atoms with Crippen molar-refractivity contribution < 1.29 is 9.90 Å². The lowest BCUT2D eigenvalue weighted by molar-refractivity contribution is -0.131. The zero-order chi connectivity index (χ0) is 21.8. The number of allylic oxidation sites excluding steroid dienone is 1. The molecule has 2 N–H and O–H groups in total. The van der Waals surface area contributed by atoms with Crippen LogP contribution in [-0.2, 0) is 4.79 Å². The van der Waals surface area contributed by atoms with Crippen LogP contribution in [-0.4, -0.2) is 20.6 Å². The van der Waals surface area contributed by atoms with E-state index in [2.05, 4.69) is 5.32 Å². The quantitative estimate of drug-likeness (QED) is 0.586. The normalized spacial score (nSPS) is 16.9. The first-order valence-electron chi connectivity index (χ1n) is 10.2. The van der Waals surface area contributed by atoms with Crippen LogP contribution in [0.1, 0.15) is 37.2 Å². The Kier molecular flexibility index (Phi) is 5.80. The molecule has 6 nitrogen and oxygen atoms in total. The van der Waals surface area contributed by atoms with Crippen LogP contribution in [0.5, 0.6) is 0 Å². The lowest BCUT2D eigenvalue weighted by Gasteiger charge is -2.27. The number of rotatable bonds is 5. The van der Waals surface area contributed by atoms with Gasteiger partial charge in [0.2, 0.25) is 0 Å². The van der Waals surface area contributed by atoms with Crippen molar-refractivity contribution in [3.05, 3.63) is 94.7 Å². The minimum atomic E-state index is -1.11. The Morgan fingerprint density at radius 2 is 1.81 bits per heavy atom. The fraction of sp³-hybridized carbons (Fsp3) is 0.160. The molecule has 0 spiro atoms. The predicted molar refractivity (Wildman–Crippen MR) is 123 cm³/mol. The van der Waals surface area contributed by atoms with Gasteiger partial charge in [-0.25, -0.2) is 9.78 Å². The van der Waals surface area contributed by atoms with Crippen molar-refractivity contribution in [3.8, 4) is 11.3 Å². The first-order valence-corrected chi connectivity index (χ1v) is 10.2. The summed E-state index contributed by atoms with van der Waals surface area (Å²) in [6.45, 7) is 1.99. The average Bonchev–Trinajstić information content (AvgIpc) is 2.78. The molecular formula is C25H23N3O3. The molecule has 31 heavy (non-hydrogen) atoms. The van der Waals surface area contributed by atoms with Crippen LogP contribution in [0.3, 0.4) is 0 Å². The Balaban J connectivity index is 1.89. The summed E-state index contributed by atoms with van der Waals surface area (Å²) in [6, 6.07) is 19.1. The second-order valence-corrected chi connectivity index (χ2v) is 7.48. The van der Waals surface area contributed by atoms with E-state index >= 15 is 0 Å². The van der Waals surface area contributed by atoms with Crippen molar-refractivity contribution >= 4 is 23.3 Å². The molecule has 0 radical (unpaired) electrons. The molecule has 0 fully saturated rings. The minimum absolute atomic E-state index is 0.0364. The predicted octanol–water partition coefficient (Wildman–Crippen LogP) is 4.82. The van der Waals surface area contributed by atoms with Crippen molar-refractivity contribution in [2.45, 2.75) is 25.8 Å². The van der Waals surface area contributed by atoms with Gasteiger partial charge in [-0.15, -0.1) is 0 Å². The molecule has 1 aliphatic rings. The molecule has 156 valence electrons. The third-order valence-corrected chi connectivity index (χ3v) is 5.34. The van der Waals surface area contributed by atoms with Gasteiger partial charge in [0.05, 0.1) is 11.3 Å². The fourth-order valence-corrected chi connectivity index (χ4v) is 3.75. The summed E-state index contributed by atoms with van der Waals surface area (Å²) in [5.74, 6) is -0.500. The van der Waals surface area contributed by atoms with Crippen molar-refractivity contribution in [1.29, 1.82) is 0 Å². The second-order valence-electron chi connectivity index (χ2n) is 7.48. The van der Waals surface area contributed by atoms with E-state index in [4.69, 9.17) is 10.1 Å². The summed E-state index contributed by atoms with van der Waals surface area (Å²) >= 11 is 0. The number of carboxylic acid groups (broad SMARTS) is 1. The first kappa shape index (κ1) is 20.3. The van der Waals surface area contributed by atoms with Crippen LogP contribution in [0, 0.1) is 0 Å². The van der Waals surface area contributed by atoms with Gasteiger partial charge in [-0.1, -0.05) is 48.5 Å². The van der Waals surface area contributed by atoms with Crippen molar-refractivity contribution in [2.24, 2.45) is 0 Å². The maximum atomic E-state index is 13.5. The van der Waals surface area contributed by atoms with Crippen LogP contribution in [0.15, 0.2) is 77.7 Å². The molecule has 3 aromatic rings. The van der Waals surface area contributed by atoms with E-state index in [1.807, 2.05) is 73.8 Å². The topological polar surface area (TPSA) is 84.2 Å². The maximum absolute atomic E-state index is 13.5. The van der Waals surface area contributed by atoms with E-state index in [1.165, 1.54) is 6.08 Å². The zero-order valence-electron chi connectivity index (χ0n) is 17.2. The highest BCUT2D eigenvalue weighted by atomic mass is 16.4. The van der Waals surface area contributed by atoms with Gasteiger partial charge >= 0.3 is 5.97 Å². The lowest BCUT2D eigenvalue weighted by atomic mass is 9.98. The third-order valence-electron chi connectivity index (χ3n) is 5.34. The number of hydrogen-bond donors (Lipinski definition) is 2. The summed E-state index contributed by atoms with van der Waals surface area (Å²) in [5, 5.41) is 12.4. The van der Waals surface area contributed by atoms with Crippen molar-refractivity contribution in [1.82, 2.24) is 9.55 Å². The van der Waals surface area contributed by atoms with Gasteiger partial charge in [0.15, 0.2) is 0 Å². The molecule has 6 heteroatoms. The van der Waals surface area contributed by atoms with Gasteiger partial charge in [-0.05, 0) is 38.0 Å². The number of anilines is 1. The summed E-state index contributed by atoms with van der Waals surface area (Å²) < 4.78 is 1.68. The Hall–Kier alpha value is -3.93. The summed E-state index contributed by atoms with van der Waals surface area (Å²) in [4.78, 5) is 29.5. The zero-order valence-corrected chi connectivity index (χ0v) is 17.2. The SMILES string of the molecule is CC1CCC(=CNc2ccccc2)c2nc(-c3ccccc3)c(/C=C/C(=O)O)c(=O)n21. The second kappa shape index (κ2) is 8.83. The highest BCUT2D eigenvalue weighted by molar-refractivity contribution is 5.87. The third kappa shape index (κ3) is 4.33. The minimum Gasteiger partial charge on any atom is -0.478 e. The highest BCUT2D eigenvalue weighted by Gasteiger charge is 2.26. The van der Waals surface area contributed by atoms with Crippen LogP contribution < -0.4 is 10.9 Å². The number of carboxylic acids is 1. The molecule has 0 amide bonds. The van der Waals surface area contributed by atoms with Crippen molar-refractivity contribution in [2.75, 3.05) is 5.32 Å². The van der Waals surface area contributed by atoms with Gasteiger partial charge in [0, 0.05) is 35.1 Å². The average molecular weight is 413 g/mol. The molecule has 0 saturated carbocycles. The molecule has 1 aliphatic heterocycles. The van der Waals surface area contributed by atoms with E-state index in [9.17, 15) is 9.59 Å². The Labute approximate surface area is 180 Å². The first-order chi connectivity index (χ1) is 15.0. The standard InChI is InChI=1S/C25H23N3O3/c1-17-12-13-19(16-26-20-10-6-3-7-11-20)24-27-23(18-8-4-2-5-9-18)21(14-15-22(29)30)25(31)28(17)24/h2-11,14-17,26H,12-13H2,1H3,(H,29,30)/b15-14+,19-16?. The number of aromatic nitrogens is 2. The molecule has 2 heterocycles. The Bertz CT molecular complexity index is 1210. The van der Waals surface area contributed by atoms with E-state index in [0.717, 1.165) is 35.7 Å². The number of carbonyl (C=O) groups is 1. The van der Waals surface area contributed by atoms with Crippen molar-refractivity contribution in [3.63, 3.8) is 0 Å². The molecule has 1 aromatic heterocycles. The number of aliphatic carboxylic acids is 1. The van der Waals surface area contributed by atoms with E-state index < -0.39 is 5.97 Å². The maximum Gasteiger partial charge on any atom is 0.328 e. The Morgan fingerprint density at radius 3 is 2.48 bits per heavy atom. The largest absolute Gasteiger partial charge is 0.478 e. The van der Waals surface area contributed by atoms with Crippen LogP contribution in [0.2, 0.25) is 0 Å². The molecule has 4 rings (SSSR count). The smallest absolute Gasteiger partial charge is 0.328 e. The lowest BCUT2D eigenvalue weighted by Crippen LogP contribution is -2.33. The molecule has 0 saturated heterocycles. The number of benzene rings is 2. The van der Waals surface area contributed by atoms with E-state index in [0.29, 0.717) is 11.5 Å². The summed E-state index contributed by atoms with van der Waals surface area (Å²) in [7, 11) is 0. The molecule has 0 aliphatic carbocycles. The van der Waals surface area contributed by atoms with E-state index in [-0.39, 0.29) is 17.2 Å². The molecule has 2 aromatic carbocycles. The van der Waals surface area contributed by atoms with Crippen LogP contribution in [0.4, 0.5) is 5.69 Å². The number of nitrogens with one attached hydrogen (secondary N) is 1. The molecular weight excluding hydrogens is 390 g/mol. The van der Waals surface area contributed by atoms with Gasteiger partial charge in [-0.2, -0.15) is 0 Å². The number of fused-ring (bicyclic) bond motifs is 1.